The summed E-state index contributed by atoms with van der Waals surface area (Å²) in [6.45, 7) is -0.0418. The summed E-state index contributed by atoms with van der Waals surface area (Å²) < 4.78 is 11.3. The van der Waals surface area contributed by atoms with Crippen molar-refractivity contribution in [3.05, 3.63) is 29.8 Å². The van der Waals surface area contributed by atoms with Crippen LogP contribution in [-0.4, -0.2) is 48.8 Å². The van der Waals surface area contributed by atoms with E-state index in [1.54, 1.807) is 31.4 Å². The van der Waals surface area contributed by atoms with Gasteiger partial charge < -0.3 is 6.90 Å². The van der Waals surface area contributed by atoms with Crippen molar-refractivity contribution in [1.82, 2.24) is 5.32 Å². The fraction of sp³-hybridized carbons (Fsp3) is 0.385. The average Bonchev–Trinajstić information content (AvgIpc) is 2.46. The zero-order chi connectivity index (χ0) is 15.0. The van der Waals surface area contributed by atoms with Gasteiger partial charge in [-0.25, -0.2) is 0 Å². The molecule has 1 atom stereocenters. The molecule has 0 heterocycles. The summed E-state index contributed by atoms with van der Waals surface area (Å²) in [7, 11) is 1.62. The summed E-state index contributed by atoms with van der Waals surface area (Å²) in [5.74, 6) is -1.12. The first-order valence-electron chi connectivity index (χ1n) is 6.12. The Labute approximate surface area is 168 Å². The number of aliphatic carboxylic acids is 1. The molecule has 7 nitrogen and oxygen atoms in total. The maximum atomic E-state index is 12.1. The van der Waals surface area contributed by atoms with Crippen molar-refractivity contribution in [2.45, 2.75) is 10.0 Å². The van der Waals surface area contributed by atoms with Crippen molar-refractivity contribution in [2.75, 3.05) is 20.3 Å². The minimum Gasteiger partial charge on any atom is -1.00 e. The van der Waals surface area contributed by atoms with Crippen molar-refractivity contribution < 1.29 is 86.8 Å². The quantitative estimate of drug-likeness (QED) is 0.367. The Hall–Kier alpha value is -0.185. The van der Waals surface area contributed by atoms with E-state index in [0.717, 1.165) is 3.93 Å². The first-order valence-corrected chi connectivity index (χ1v) is 10.0. The van der Waals surface area contributed by atoms with Crippen LogP contribution in [0, 0.1) is 0 Å². The van der Waals surface area contributed by atoms with E-state index in [4.69, 9.17) is 14.6 Å². The molecule has 0 aliphatic carbocycles. The van der Waals surface area contributed by atoms with Gasteiger partial charge in [0.1, 0.15) is 0 Å². The number of methoxy groups -OCH3 is 1. The maximum absolute atomic E-state index is 12.1. The minimum atomic E-state index is -1.09. The second-order valence-electron chi connectivity index (χ2n) is 4.03. The van der Waals surface area contributed by atoms with Crippen LogP contribution in [0.1, 0.15) is 11.8 Å². The number of para-hydroxylation sites is 1. The zero-order valence-corrected chi connectivity index (χ0v) is 20.3. The van der Waals surface area contributed by atoms with E-state index in [1.807, 2.05) is 0 Å². The summed E-state index contributed by atoms with van der Waals surface area (Å²) in [6, 6.07) is 6.55. The van der Waals surface area contributed by atoms with Gasteiger partial charge in [-0.1, -0.05) is 0 Å². The number of amides is 1. The van der Waals surface area contributed by atoms with Gasteiger partial charge in [-0.05, 0) is 0 Å². The second kappa shape index (κ2) is 13.3. The van der Waals surface area contributed by atoms with E-state index >= 15 is 0 Å². The summed E-state index contributed by atoms with van der Waals surface area (Å²) >= 11 is 0.605. The van der Waals surface area contributed by atoms with Gasteiger partial charge in [0.2, 0.25) is 0 Å². The van der Waals surface area contributed by atoms with Gasteiger partial charge in [0.15, 0.2) is 0 Å². The number of rotatable bonds is 8. The van der Waals surface area contributed by atoms with Crippen LogP contribution in [0.4, 0.5) is 0 Å². The third-order valence-electron chi connectivity index (χ3n) is 2.63. The Morgan fingerprint density at radius 3 is 2.59 bits per heavy atom. The first kappa shape index (κ1) is 24.1. The molecule has 1 rings (SSSR count). The number of nitrogens with one attached hydrogen (secondary N) is 1. The molecule has 0 spiro atoms. The minimum absolute atomic E-state index is 0. The standard InChI is InChI=1S/C13H16NO5.Hg.Na.H2O.H/c1-9(18-2)7-14-13(17)10-5-3-4-6-11(10)19-8-12(15)16;;;;/h3-6,9H,1,7-8H2,2H3,(H,14,17)(H,15,16);;;1H2;/q;;+1;;-1. The number of ether oxygens (including phenoxy) is 2. The summed E-state index contributed by atoms with van der Waals surface area (Å²) in [5, 5.41) is 11.4. The Morgan fingerprint density at radius 1 is 1.41 bits per heavy atom. The summed E-state index contributed by atoms with van der Waals surface area (Å²) in [4.78, 5) is 22.6. The largest absolute Gasteiger partial charge is 1.00 e. The van der Waals surface area contributed by atoms with Gasteiger partial charge in [-0.15, -0.1) is 0 Å². The smallest absolute Gasteiger partial charge is 1.00 e. The Balaban J connectivity index is -0.00000133. The van der Waals surface area contributed by atoms with Crippen molar-refractivity contribution >= 4 is 11.9 Å². The molecule has 0 bridgehead atoms. The molecule has 1 unspecified atom stereocenters. The van der Waals surface area contributed by atoms with E-state index in [0.29, 0.717) is 38.2 Å². The Kier molecular flexibility index (Phi) is 14.5. The molecule has 0 aliphatic heterocycles. The molecule has 22 heavy (non-hydrogen) atoms. The molecular formula is C13H19HgNNaO6. The van der Waals surface area contributed by atoms with Crippen LogP contribution in [0.25, 0.3) is 0 Å². The predicted octanol–water partition coefficient (Wildman–Crippen LogP) is -2.85. The van der Waals surface area contributed by atoms with Crippen LogP contribution in [-0.2, 0) is 35.7 Å². The van der Waals surface area contributed by atoms with Crippen molar-refractivity contribution in [2.24, 2.45) is 0 Å². The summed E-state index contributed by atoms with van der Waals surface area (Å²) in [6.07, 6.45) is 0.0365. The van der Waals surface area contributed by atoms with Gasteiger partial charge >= 0.3 is 163 Å². The Bertz CT molecular complexity index is 476. The van der Waals surface area contributed by atoms with Crippen molar-refractivity contribution in [1.29, 1.82) is 0 Å². The molecule has 0 saturated heterocycles. The second-order valence-corrected chi connectivity index (χ2v) is 6.28. The molecule has 1 amide bonds. The molecule has 115 valence electrons. The molecule has 4 N–H and O–H groups in total. The van der Waals surface area contributed by atoms with Crippen LogP contribution in [0.2, 0.25) is 3.93 Å². The topological polar surface area (TPSA) is 116 Å². The molecule has 0 saturated carbocycles. The summed E-state index contributed by atoms with van der Waals surface area (Å²) in [5.41, 5.74) is 0.321. The Morgan fingerprint density at radius 2 is 2.05 bits per heavy atom. The molecule has 1 aromatic rings. The van der Waals surface area contributed by atoms with E-state index in [2.05, 4.69) is 5.32 Å². The van der Waals surface area contributed by atoms with Gasteiger partial charge in [0.05, 0.1) is 0 Å². The van der Waals surface area contributed by atoms with Crippen LogP contribution in [0.5, 0.6) is 5.75 Å². The zero-order valence-electron chi connectivity index (χ0n) is 13.8. The van der Waals surface area contributed by atoms with Crippen molar-refractivity contribution in [3.8, 4) is 5.75 Å². The predicted molar refractivity (Wildman–Crippen MR) is 72.2 cm³/mol. The van der Waals surface area contributed by atoms with Crippen LogP contribution < -0.4 is 39.6 Å². The molecule has 0 aliphatic rings. The number of hydrogen-bond donors (Lipinski definition) is 2. The number of hydrogen-bond acceptors (Lipinski definition) is 4. The molecule has 1 aromatic carbocycles. The average molecular weight is 509 g/mol. The third kappa shape index (κ3) is 8.45. The SMILES string of the molecule is COC([CH2][Hg])CNC(=O)c1ccccc1OCC(=O)O.O.[H-].[Na+]. The van der Waals surface area contributed by atoms with E-state index in [1.165, 1.54) is 0 Å². The normalized spacial score (nSPS) is 10.7. The molecule has 0 aromatic heterocycles. The van der Waals surface area contributed by atoms with Gasteiger partial charge in [0, 0.05) is 0 Å². The van der Waals surface area contributed by atoms with Gasteiger partial charge in [-0.3, -0.25) is 0 Å². The number of carbonyl (C=O) groups is 2. The molecule has 0 radical (unpaired) electrons. The van der Waals surface area contributed by atoms with Crippen molar-refractivity contribution in [3.63, 3.8) is 0 Å². The van der Waals surface area contributed by atoms with E-state index < -0.39 is 12.6 Å². The first-order chi connectivity index (χ1) is 9.58. The van der Waals surface area contributed by atoms with E-state index in [-0.39, 0.29) is 54.2 Å². The fourth-order valence-electron chi connectivity index (χ4n) is 1.52. The molecular weight excluding hydrogens is 490 g/mol. The third-order valence-corrected chi connectivity index (χ3v) is 5.13. The number of benzene rings is 1. The number of carbonyl (C=O) groups excluding carboxylic acids is 1. The van der Waals surface area contributed by atoms with E-state index in [9.17, 15) is 9.59 Å². The number of carboxylic acids is 1. The van der Waals surface area contributed by atoms with Crippen LogP contribution in [0.3, 0.4) is 0 Å². The van der Waals surface area contributed by atoms with Gasteiger partial charge in [0.25, 0.3) is 0 Å². The van der Waals surface area contributed by atoms with Crippen LogP contribution >= 0.6 is 0 Å². The molecule has 9 heteroatoms. The maximum Gasteiger partial charge on any atom is 1.00 e. The van der Waals surface area contributed by atoms with Gasteiger partial charge in [-0.2, -0.15) is 0 Å². The van der Waals surface area contributed by atoms with Crippen LogP contribution in [0.15, 0.2) is 24.3 Å². The number of carboxylic acid groups (broad SMARTS) is 1. The molecule has 0 fully saturated rings. The fourth-order valence-corrected chi connectivity index (χ4v) is 3.23. The monoisotopic (exact) mass is 510 g/mol.